The van der Waals surface area contributed by atoms with Crippen LogP contribution in [-0.2, 0) is 0 Å². The molecule has 6 heteroatoms. The zero-order valence-electron chi connectivity index (χ0n) is 12.7. The summed E-state index contributed by atoms with van der Waals surface area (Å²) in [4.78, 5) is 20.1. The minimum atomic E-state index is -0.162. The van der Waals surface area contributed by atoms with Crippen molar-refractivity contribution in [2.45, 2.75) is 31.7 Å². The molecule has 1 aromatic rings. The van der Waals surface area contributed by atoms with Gasteiger partial charge in [-0.1, -0.05) is 24.4 Å². The summed E-state index contributed by atoms with van der Waals surface area (Å²) in [7, 11) is 3.93. The van der Waals surface area contributed by atoms with E-state index in [1.165, 1.54) is 25.7 Å². The molecule has 1 saturated carbocycles. The molecule has 0 unspecified atom stereocenters. The van der Waals surface area contributed by atoms with Gasteiger partial charge in [-0.3, -0.25) is 0 Å². The van der Waals surface area contributed by atoms with Crippen molar-refractivity contribution >= 4 is 23.3 Å². The van der Waals surface area contributed by atoms with Crippen molar-refractivity contribution in [3.8, 4) is 0 Å². The Bertz CT molecular complexity index is 476. The molecule has 2 amide bonds. The van der Waals surface area contributed by atoms with E-state index in [0.29, 0.717) is 23.4 Å². The van der Waals surface area contributed by atoms with Gasteiger partial charge in [0.25, 0.3) is 0 Å². The van der Waals surface area contributed by atoms with Gasteiger partial charge in [0.15, 0.2) is 5.15 Å². The lowest BCUT2D eigenvalue weighted by Gasteiger charge is -2.26. The maximum Gasteiger partial charge on any atom is 0.321 e. The molecule has 2 rings (SSSR count). The van der Waals surface area contributed by atoms with E-state index in [0.717, 1.165) is 6.54 Å². The van der Waals surface area contributed by atoms with Crippen molar-refractivity contribution in [3.63, 3.8) is 0 Å². The third-order valence-electron chi connectivity index (χ3n) is 4.08. The van der Waals surface area contributed by atoms with Crippen LogP contribution in [0.2, 0.25) is 5.15 Å². The first kappa shape index (κ1) is 16.0. The molecule has 5 nitrogen and oxygen atoms in total. The summed E-state index contributed by atoms with van der Waals surface area (Å²) in [6.07, 6.45) is 6.79. The lowest BCUT2D eigenvalue weighted by atomic mass is 10.2. The van der Waals surface area contributed by atoms with Crippen LogP contribution in [0.5, 0.6) is 0 Å². The van der Waals surface area contributed by atoms with Crippen molar-refractivity contribution in [1.82, 2.24) is 14.8 Å². The van der Waals surface area contributed by atoms with E-state index in [1.807, 2.05) is 0 Å². The number of hydrogen-bond acceptors (Lipinski definition) is 3. The summed E-state index contributed by atoms with van der Waals surface area (Å²) in [6, 6.07) is 4.00. The highest BCUT2D eigenvalue weighted by atomic mass is 35.5. The van der Waals surface area contributed by atoms with E-state index >= 15 is 0 Å². The quantitative estimate of drug-likeness (QED) is 0.850. The second kappa shape index (κ2) is 7.61. The second-order valence-corrected chi connectivity index (χ2v) is 5.97. The van der Waals surface area contributed by atoms with Crippen LogP contribution in [0.1, 0.15) is 25.7 Å². The number of anilines is 1. The Morgan fingerprint density at radius 2 is 2.10 bits per heavy atom. The van der Waals surface area contributed by atoms with Gasteiger partial charge in [0.05, 0.1) is 5.69 Å². The van der Waals surface area contributed by atoms with E-state index in [9.17, 15) is 4.79 Å². The monoisotopic (exact) mass is 310 g/mol. The van der Waals surface area contributed by atoms with E-state index in [2.05, 4.69) is 22.2 Å². The molecule has 0 aliphatic heterocycles. The fourth-order valence-electron chi connectivity index (χ4n) is 2.63. The van der Waals surface area contributed by atoms with Gasteiger partial charge < -0.3 is 15.1 Å². The summed E-state index contributed by atoms with van der Waals surface area (Å²) in [5, 5.41) is 3.08. The number of carbonyl (C=O) groups excluding carboxylic acids is 1. The van der Waals surface area contributed by atoms with Crippen molar-refractivity contribution in [3.05, 3.63) is 23.5 Å². The number of likely N-dealkylation sites (N-methyl/N-ethyl adjacent to an activating group) is 2. The molecule has 0 atom stereocenters. The topological polar surface area (TPSA) is 48.5 Å². The Morgan fingerprint density at radius 3 is 2.76 bits per heavy atom. The molecule has 1 aromatic heterocycles. The van der Waals surface area contributed by atoms with Gasteiger partial charge in [-0.15, -0.1) is 0 Å². The minimum absolute atomic E-state index is 0.162. The first-order valence-electron chi connectivity index (χ1n) is 7.41. The molecule has 0 aromatic carbocycles. The number of pyridine rings is 1. The SMILES string of the molecule is CN(CCN(C)C1CCCC1)C(=O)Nc1cccnc1Cl. The van der Waals surface area contributed by atoms with E-state index in [-0.39, 0.29) is 6.03 Å². The number of amides is 2. The predicted octanol–water partition coefficient (Wildman–Crippen LogP) is 3.07. The molecular formula is C15H23ClN4O. The number of carbonyl (C=O) groups is 1. The molecular weight excluding hydrogens is 288 g/mol. The number of hydrogen-bond donors (Lipinski definition) is 1. The Kier molecular flexibility index (Phi) is 5.82. The summed E-state index contributed by atoms with van der Waals surface area (Å²) in [6.45, 7) is 1.58. The summed E-state index contributed by atoms with van der Waals surface area (Å²) in [5.41, 5.74) is 0.542. The molecule has 1 fully saturated rings. The molecule has 0 radical (unpaired) electrons. The first-order chi connectivity index (χ1) is 10.1. The minimum Gasteiger partial charge on any atom is -0.326 e. The maximum atomic E-state index is 12.1. The third kappa shape index (κ3) is 4.58. The number of urea groups is 1. The zero-order chi connectivity index (χ0) is 15.2. The fraction of sp³-hybridized carbons (Fsp3) is 0.600. The molecule has 0 spiro atoms. The van der Waals surface area contributed by atoms with Gasteiger partial charge in [-0.25, -0.2) is 9.78 Å². The molecule has 116 valence electrons. The van der Waals surface area contributed by atoms with Crippen LogP contribution in [0.4, 0.5) is 10.5 Å². The molecule has 1 aliphatic rings. The Labute approximate surface area is 131 Å². The second-order valence-electron chi connectivity index (χ2n) is 5.61. The Balaban J connectivity index is 1.78. The average Bonchev–Trinajstić information content (AvgIpc) is 3.01. The van der Waals surface area contributed by atoms with Crippen LogP contribution in [0, 0.1) is 0 Å². The summed E-state index contributed by atoms with van der Waals surface area (Å²) in [5.74, 6) is 0. The summed E-state index contributed by atoms with van der Waals surface area (Å²) >= 11 is 5.93. The van der Waals surface area contributed by atoms with Crippen LogP contribution in [-0.4, -0.2) is 54.0 Å². The number of rotatable bonds is 5. The lowest BCUT2D eigenvalue weighted by molar-refractivity contribution is 0.198. The molecule has 1 heterocycles. The van der Waals surface area contributed by atoms with Gasteiger partial charge in [0, 0.05) is 32.4 Å². The number of nitrogens with zero attached hydrogens (tertiary/aromatic N) is 3. The fourth-order valence-corrected chi connectivity index (χ4v) is 2.79. The standard InChI is InChI=1S/C15H23ClN4O/c1-19(12-6-3-4-7-12)10-11-20(2)15(21)18-13-8-5-9-17-14(13)16/h5,8-9,12H,3-4,6-7,10-11H2,1-2H3,(H,18,21). The van der Waals surface area contributed by atoms with Gasteiger partial charge in [0.2, 0.25) is 0 Å². The van der Waals surface area contributed by atoms with Crippen LogP contribution in [0.25, 0.3) is 0 Å². The highest BCUT2D eigenvalue weighted by Crippen LogP contribution is 2.22. The molecule has 1 N–H and O–H groups in total. The molecule has 0 bridgehead atoms. The van der Waals surface area contributed by atoms with Crippen LogP contribution in [0.3, 0.4) is 0 Å². The van der Waals surface area contributed by atoms with Gasteiger partial charge >= 0.3 is 6.03 Å². The largest absolute Gasteiger partial charge is 0.326 e. The lowest BCUT2D eigenvalue weighted by Crippen LogP contribution is -2.40. The van der Waals surface area contributed by atoms with Crippen LogP contribution >= 0.6 is 11.6 Å². The van der Waals surface area contributed by atoms with Crippen molar-refractivity contribution in [2.24, 2.45) is 0 Å². The molecule has 1 aliphatic carbocycles. The smallest absolute Gasteiger partial charge is 0.321 e. The molecule has 0 saturated heterocycles. The van der Waals surface area contributed by atoms with Gasteiger partial charge in [-0.2, -0.15) is 0 Å². The van der Waals surface area contributed by atoms with E-state index in [4.69, 9.17) is 11.6 Å². The van der Waals surface area contributed by atoms with Gasteiger partial charge in [0.1, 0.15) is 0 Å². The van der Waals surface area contributed by atoms with E-state index in [1.54, 1.807) is 30.3 Å². The Morgan fingerprint density at radius 1 is 1.38 bits per heavy atom. The van der Waals surface area contributed by atoms with Crippen molar-refractivity contribution in [1.29, 1.82) is 0 Å². The normalized spacial score (nSPS) is 15.4. The number of aromatic nitrogens is 1. The zero-order valence-corrected chi connectivity index (χ0v) is 13.4. The van der Waals surface area contributed by atoms with E-state index < -0.39 is 0 Å². The predicted molar refractivity (Wildman–Crippen MR) is 85.8 cm³/mol. The summed E-state index contributed by atoms with van der Waals surface area (Å²) < 4.78 is 0. The Hall–Kier alpha value is -1.33. The van der Waals surface area contributed by atoms with Crippen molar-refractivity contribution in [2.75, 3.05) is 32.5 Å². The van der Waals surface area contributed by atoms with Gasteiger partial charge in [-0.05, 0) is 32.0 Å². The first-order valence-corrected chi connectivity index (χ1v) is 7.78. The highest BCUT2D eigenvalue weighted by molar-refractivity contribution is 6.32. The van der Waals surface area contributed by atoms with Crippen molar-refractivity contribution < 1.29 is 4.79 Å². The number of halogens is 1. The van der Waals surface area contributed by atoms with Crippen LogP contribution < -0.4 is 5.32 Å². The molecule has 21 heavy (non-hydrogen) atoms. The third-order valence-corrected chi connectivity index (χ3v) is 4.38. The highest BCUT2D eigenvalue weighted by Gasteiger charge is 2.20. The van der Waals surface area contributed by atoms with Crippen LogP contribution in [0.15, 0.2) is 18.3 Å². The number of nitrogens with one attached hydrogen (secondary N) is 1. The average molecular weight is 311 g/mol. The maximum absolute atomic E-state index is 12.1.